The molecule has 2 saturated heterocycles. The Kier molecular flexibility index (Phi) is 3.59. The Morgan fingerprint density at radius 2 is 2.00 bits per heavy atom. The first-order valence-corrected chi connectivity index (χ1v) is 9.12. The summed E-state index contributed by atoms with van der Waals surface area (Å²) in [5.74, 6) is 0.700. The maximum absolute atomic E-state index is 13.3. The topological polar surface area (TPSA) is 49.6 Å². The van der Waals surface area contributed by atoms with Gasteiger partial charge in [0.25, 0.3) is 0 Å². The summed E-state index contributed by atoms with van der Waals surface area (Å²) in [6.07, 6.45) is -0.565. The molecule has 0 unspecified atom stereocenters. The van der Waals surface area contributed by atoms with E-state index < -0.39 is 11.7 Å². The quantitative estimate of drug-likeness (QED) is 0.654. The van der Waals surface area contributed by atoms with Crippen molar-refractivity contribution in [2.45, 2.75) is 32.0 Å². The third-order valence-corrected chi connectivity index (χ3v) is 5.75. The van der Waals surface area contributed by atoms with Crippen LogP contribution in [0.3, 0.4) is 0 Å². The Labute approximate surface area is 153 Å². The molecule has 1 atom stereocenters. The Hall–Kier alpha value is -2.42. The molecule has 0 aliphatic carbocycles. The average Bonchev–Trinajstić information content (AvgIpc) is 3.28. The van der Waals surface area contributed by atoms with Crippen LogP contribution < -0.4 is 4.90 Å². The molecule has 2 aliphatic heterocycles. The number of piperazine rings is 1. The van der Waals surface area contributed by atoms with Crippen LogP contribution in [0.25, 0.3) is 16.7 Å². The number of halogens is 3. The predicted molar refractivity (Wildman–Crippen MR) is 94.8 cm³/mol. The molecule has 3 aromatic rings. The lowest BCUT2D eigenvalue weighted by atomic mass is 10.1. The predicted octanol–water partition coefficient (Wildman–Crippen LogP) is 2.89. The first-order chi connectivity index (χ1) is 12.9. The van der Waals surface area contributed by atoms with Crippen molar-refractivity contribution in [1.82, 2.24) is 24.5 Å². The third kappa shape index (κ3) is 2.63. The summed E-state index contributed by atoms with van der Waals surface area (Å²) >= 11 is 0. The van der Waals surface area contributed by atoms with Gasteiger partial charge in [0, 0.05) is 25.7 Å². The molecule has 0 spiro atoms. The zero-order valence-corrected chi connectivity index (χ0v) is 14.9. The van der Waals surface area contributed by atoms with Gasteiger partial charge in [0.15, 0.2) is 5.82 Å². The van der Waals surface area contributed by atoms with Crippen LogP contribution in [0.15, 0.2) is 18.5 Å². The minimum Gasteiger partial charge on any atom is -0.351 e. The molecule has 4 heterocycles. The summed E-state index contributed by atoms with van der Waals surface area (Å²) in [4.78, 5) is 9.41. The number of fused-ring (bicyclic) bond motifs is 4. The van der Waals surface area contributed by atoms with E-state index in [-0.39, 0.29) is 5.56 Å². The van der Waals surface area contributed by atoms with E-state index in [0.717, 1.165) is 32.2 Å². The van der Waals surface area contributed by atoms with E-state index in [9.17, 15) is 13.2 Å². The van der Waals surface area contributed by atoms with E-state index in [2.05, 4.69) is 20.0 Å². The molecule has 0 saturated carbocycles. The van der Waals surface area contributed by atoms with Crippen molar-refractivity contribution >= 4 is 22.5 Å². The van der Waals surface area contributed by atoms with Crippen molar-refractivity contribution in [3.8, 4) is 0 Å². The smallest absolute Gasteiger partial charge is 0.351 e. The maximum atomic E-state index is 13.3. The molecule has 27 heavy (non-hydrogen) atoms. The maximum Gasteiger partial charge on any atom is 0.416 e. The number of nitrogens with zero attached hydrogens (tertiary/aromatic N) is 6. The highest BCUT2D eigenvalue weighted by Crippen LogP contribution is 2.35. The van der Waals surface area contributed by atoms with Gasteiger partial charge in [-0.2, -0.15) is 13.2 Å². The first kappa shape index (κ1) is 16.7. The third-order valence-electron chi connectivity index (χ3n) is 5.75. The van der Waals surface area contributed by atoms with Crippen LogP contribution in [-0.2, 0) is 6.18 Å². The summed E-state index contributed by atoms with van der Waals surface area (Å²) in [5.41, 5.74) is 0.916. The van der Waals surface area contributed by atoms with Crippen LogP contribution in [0.4, 0.5) is 19.0 Å². The molecular formula is C18H19F3N6. The van der Waals surface area contributed by atoms with Crippen LogP contribution in [0.5, 0.6) is 0 Å². The summed E-state index contributed by atoms with van der Waals surface area (Å²) in [6.45, 7) is 5.27. The molecule has 9 heteroatoms. The molecule has 0 N–H and O–H groups in total. The van der Waals surface area contributed by atoms with Gasteiger partial charge in [-0.1, -0.05) is 0 Å². The van der Waals surface area contributed by atoms with Crippen molar-refractivity contribution < 1.29 is 13.2 Å². The second-order valence-electron chi connectivity index (χ2n) is 7.39. The lowest BCUT2D eigenvalue weighted by Gasteiger charge is -2.38. The number of hydrogen-bond donors (Lipinski definition) is 0. The summed E-state index contributed by atoms with van der Waals surface area (Å²) in [5, 5.41) is 8.10. The standard InChI is InChI=1S/C18H19F3N6/c1-11-7-14-15(8-13(11)18(19,20)21)27-10-22-24-17(27)16(23-14)26-6-5-25-4-2-3-12(25)9-26/h7-8,10,12H,2-6,9H2,1H3/t12-/m0/s1. The van der Waals surface area contributed by atoms with Gasteiger partial charge < -0.3 is 4.90 Å². The second kappa shape index (κ2) is 5.79. The lowest BCUT2D eigenvalue weighted by Crippen LogP contribution is -2.50. The molecule has 0 amide bonds. The Morgan fingerprint density at radius 1 is 1.15 bits per heavy atom. The number of anilines is 1. The minimum absolute atomic E-state index is 0.168. The largest absolute Gasteiger partial charge is 0.416 e. The number of rotatable bonds is 1. The number of aromatic nitrogens is 4. The van der Waals surface area contributed by atoms with E-state index in [1.165, 1.54) is 32.2 Å². The molecule has 142 valence electrons. The molecule has 2 aromatic heterocycles. The molecule has 5 rings (SSSR count). The van der Waals surface area contributed by atoms with E-state index in [1.54, 1.807) is 4.40 Å². The van der Waals surface area contributed by atoms with Crippen LogP contribution in [0, 0.1) is 6.92 Å². The molecular weight excluding hydrogens is 357 g/mol. The highest BCUT2D eigenvalue weighted by atomic mass is 19.4. The van der Waals surface area contributed by atoms with Crippen molar-refractivity contribution in [2.75, 3.05) is 31.1 Å². The summed E-state index contributed by atoms with van der Waals surface area (Å²) < 4.78 is 41.6. The fourth-order valence-corrected chi connectivity index (χ4v) is 4.39. The first-order valence-electron chi connectivity index (χ1n) is 9.12. The van der Waals surface area contributed by atoms with E-state index >= 15 is 0 Å². The summed E-state index contributed by atoms with van der Waals surface area (Å²) in [6, 6.07) is 3.16. The van der Waals surface area contributed by atoms with Gasteiger partial charge in [-0.15, -0.1) is 10.2 Å². The Morgan fingerprint density at radius 3 is 2.81 bits per heavy atom. The molecule has 1 aromatic carbocycles. The number of aryl methyl sites for hydroxylation is 1. The van der Waals surface area contributed by atoms with E-state index in [4.69, 9.17) is 4.98 Å². The van der Waals surface area contributed by atoms with Gasteiger partial charge in [0.1, 0.15) is 6.33 Å². The van der Waals surface area contributed by atoms with Gasteiger partial charge in [0.05, 0.1) is 16.6 Å². The van der Waals surface area contributed by atoms with Gasteiger partial charge in [0.2, 0.25) is 5.65 Å². The highest BCUT2D eigenvalue weighted by Gasteiger charge is 2.34. The molecule has 2 fully saturated rings. The van der Waals surface area contributed by atoms with Crippen LogP contribution in [0.2, 0.25) is 0 Å². The number of alkyl halides is 3. The van der Waals surface area contributed by atoms with E-state index in [0.29, 0.717) is 28.5 Å². The lowest BCUT2D eigenvalue weighted by molar-refractivity contribution is -0.137. The fourth-order valence-electron chi connectivity index (χ4n) is 4.39. The average molecular weight is 376 g/mol. The van der Waals surface area contributed by atoms with Crippen molar-refractivity contribution in [3.63, 3.8) is 0 Å². The van der Waals surface area contributed by atoms with Crippen LogP contribution in [0.1, 0.15) is 24.0 Å². The SMILES string of the molecule is Cc1cc2nc(N3CCN4CCC[C@H]4C3)c3nncn3c2cc1C(F)(F)F. The van der Waals surface area contributed by atoms with Gasteiger partial charge >= 0.3 is 6.18 Å². The molecule has 0 bridgehead atoms. The number of benzene rings is 1. The zero-order valence-electron chi connectivity index (χ0n) is 14.9. The van der Waals surface area contributed by atoms with Crippen molar-refractivity contribution in [3.05, 3.63) is 29.6 Å². The second-order valence-corrected chi connectivity index (χ2v) is 7.39. The van der Waals surface area contributed by atoms with Gasteiger partial charge in [-0.25, -0.2) is 4.98 Å². The van der Waals surface area contributed by atoms with Crippen LogP contribution in [-0.4, -0.2) is 56.7 Å². The molecule has 6 nitrogen and oxygen atoms in total. The van der Waals surface area contributed by atoms with Crippen molar-refractivity contribution in [1.29, 1.82) is 0 Å². The highest BCUT2D eigenvalue weighted by molar-refractivity contribution is 5.84. The fraction of sp³-hybridized carbons (Fsp3) is 0.500. The zero-order chi connectivity index (χ0) is 18.8. The Balaban J connectivity index is 1.66. The van der Waals surface area contributed by atoms with Crippen molar-refractivity contribution in [2.24, 2.45) is 0 Å². The van der Waals surface area contributed by atoms with Crippen LogP contribution >= 0.6 is 0 Å². The monoisotopic (exact) mass is 376 g/mol. The molecule has 0 radical (unpaired) electrons. The normalized spacial score (nSPS) is 21.3. The number of hydrogen-bond acceptors (Lipinski definition) is 5. The van der Waals surface area contributed by atoms with Gasteiger partial charge in [-0.3, -0.25) is 9.30 Å². The summed E-state index contributed by atoms with van der Waals surface area (Å²) in [7, 11) is 0. The van der Waals surface area contributed by atoms with E-state index in [1.807, 2.05) is 0 Å². The van der Waals surface area contributed by atoms with Gasteiger partial charge in [-0.05, 0) is 44.0 Å². The Bertz CT molecular complexity index is 1030. The molecule has 2 aliphatic rings. The minimum atomic E-state index is -4.41.